The number of hydrogen-bond donors (Lipinski definition) is 1. The zero-order chi connectivity index (χ0) is 15.9. The number of nitrogens with zero attached hydrogens (tertiary/aromatic N) is 1. The van der Waals surface area contributed by atoms with Gasteiger partial charge in [0.2, 0.25) is 0 Å². The maximum atomic E-state index is 12.5. The molecule has 6 nitrogen and oxygen atoms in total. The van der Waals surface area contributed by atoms with Gasteiger partial charge in [0.15, 0.2) is 11.5 Å². The number of hydrogen-bond acceptors (Lipinski definition) is 6. The van der Waals surface area contributed by atoms with Crippen LogP contribution in [0.15, 0.2) is 23.5 Å². The van der Waals surface area contributed by atoms with Crippen molar-refractivity contribution in [3.05, 3.63) is 29.1 Å². The van der Waals surface area contributed by atoms with Gasteiger partial charge in [-0.3, -0.25) is 4.57 Å². The summed E-state index contributed by atoms with van der Waals surface area (Å²) in [6, 6.07) is 6.41. The van der Waals surface area contributed by atoms with Crippen LogP contribution in [0.3, 0.4) is 0 Å². The van der Waals surface area contributed by atoms with Crippen LogP contribution >= 0.6 is 7.60 Å². The molecule has 0 saturated carbocycles. The van der Waals surface area contributed by atoms with Crippen LogP contribution in [0.25, 0.3) is 6.08 Å². The molecular weight excluding hydrogens is 293 g/mol. The van der Waals surface area contributed by atoms with Gasteiger partial charge < -0.3 is 18.9 Å². The third-order valence-electron chi connectivity index (χ3n) is 2.51. The number of phenols is 1. The average Bonchev–Trinajstić information content (AvgIpc) is 2.45. The lowest BCUT2D eigenvalue weighted by Gasteiger charge is -2.15. The number of aromatic hydroxyl groups is 1. The Labute approximate surface area is 124 Å². The van der Waals surface area contributed by atoms with Crippen molar-refractivity contribution in [2.24, 2.45) is 0 Å². The Kier molecular flexibility index (Phi) is 6.44. The van der Waals surface area contributed by atoms with Crippen LogP contribution in [0, 0.1) is 11.3 Å². The zero-order valence-corrected chi connectivity index (χ0v) is 13.1. The molecule has 1 N–H and O–H groups in total. The SMILES string of the molecule is CCOP(=O)(OCC)C(C#N)=Cc1ccc(OC)c(O)c1. The smallest absolute Gasteiger partial charge is 0.371 e. The van der Waals surface area contributed by atoms with E-state index in [9.17, 15) is 14.9 Å². The molecule has 7 heteroatoms. The number of ether oxygens (including phenoxy) is 1. The molecular formula is C14H18NO5P. The van der Waals surface area contributed by atoms with E-state index in [4.69, 9.17) is 13.8 Å². The molecule has 1 aromatic carbocycles. The van der Waals surface area contributed by atoms with E-state index >= 15 is 0 Å². The minimum Gasteiger partial charge on any atom is -0.504 e. The summed E-state index contributed by atoms with van der Waals surface area (Å²) in [5.41, 5.74) is 0.490. The molecule has 21 heavy (non-hydrogen) atoms. The van der Waals surface area contributed by atoms with Crippen molar-refractivity contribution >= 4 is 13.7 Å². The second-order valence-electron chi connectivity index (χ2n) is 3.91. The lowest BCUT2D eigenvalue weighted by Crippen LogP contribution is -1.97. The van der Waals surface area contributed by atoms with E-state index in [1.165, 1.54) is 19.3 Å². The van der Waals surface area contributed by atoms with Crippen LogP contribution in [0.1, 0.15) is 19.4 Å². The van der Waals surface area contributed by atoms with Crippen LogP contribution in [0.5, 0.6) is 11.5 Å². The highest BCUT2D eigenvalue weighted by atomic mass is 31.2. The lowest BCUT2D eigenvalue weighted by molar-refractivity contribution is 0.227. The van der Waals surface area contributed by atoms with Crippen molar-refractivity contribution in [2.75, 3.05) is 20.3 Å². The first kappa shape index (κ1) is 17.3. The number of rotatable bonds is 7. The van der Waals surface area contributed by atoms with Gasteiger partial charge in [0.25, 0.3) is 0 Å². The van der Waals surface area contributed by atoms with Gasteiger partial charge in [0, 0.05) is 0 Å². The van der Waals surface area contributed by atoms with Crippen molar-refractivity contribution in [3.8, 4) is 17.6 Å². The molecule has 0 bridgehead atoms. The molecule has 1 rings (SSSR count). The summed E-state index contributed by atoms with van der Waals surface area (Å²) in [6.07, 6.45) is 1.37. The monoisotopic (exact) mass is 311 g/mol. The number of nitriles is 1. The second-order valence-corrected chi connectivity index (χ2v) is 5.90. The summed E-state index contributed by atoms with van der Waals surface area (Å²) < 4.78 is 27.7. The van der Waals surface area contributed by atoms with E-state index in [0.29, 0.717) is 11.3 Å². The van der Waals surface area contributed by atoms with E-state index in [2.05, 4.69) is 0 Å². The standard InChI is InChI=1S/C14H18NO5P/c1-4-19-21(17,20-5-2)12(10-15)8-11-6-7-14(18-3)13(16)9-11/h6-9,16H,4-5H2,1-3H3. The molecule has 0 aromatic heterocycles. The summed E-state index contributed by atoms with van der Waals surface area (Å²) in [7, 11) is -2.21. The predicted molar refractivity (Wildman–Crippen MR) is 79.1 cm³/mol. The van der Waals surface area contributed by atoms with Crippen LogP contribution in [0.2, 0.25) is 0 Å². The summed E-state index contributed by atoms with van der Waals surface area (Å²) >= 11 is 0. The predicted octanol–water partition coefficient (Wildman–Crippen LogP) is 3.53. The highest BCUT2D eigenvalue weighted by Gasteiger charge is 2.29. The van der Waals surface area contributed by atoms with E-state index in [1.54, 1.807) is 26.0 Å². The molecule has 0 atom stereocenters. The molecule has 114 valence electrons. The summed E-state index contributed by atoms with van der Waals surface area (Å²) in [4.78, 5) is 0. The second kappa shape index (κ2) is 7.84. The van der Waals surface area contributed by atoms with Crippen molar-refractivity contribution in [2.45, 2.75) is 13.8 Å². The first-order chi connectivity index (χ1) is 10.0. The van der Waals surface area contributed by atoms with Crippen LogP contribution in [-0.2, 0) is 13.6 Å². The first-order valence-corrected chi connectivity index (χ1v) is 7.93. The van der Waals surface area contributed by atoms with E-state index in [1.807, 2.05) is 6.07 Å². The molecule has 0 spiro atoms. The Morgan fingerprint density at radius 2 is 2.00 bits per heavy atom. The van der Waals surface area contributed by atoms with Crippen molar-refractivity contribution in [3.63, 3.8) is 0 Å². The molecule has 0 fully saturated rings. The zero-order valence-electron chi connectivity index (χ0n) is 12.2. The molecule has 0 radical (unpaired) electrons. The van der Waals surface area contributed by atoms with E-state index < -0.39 is 7.60 Å². The van der Waals surface area contributed by atoms with E-state index in [0.717, 1.165) is 0 Å². The fourth-order valence-corrected chi connectivity index (χ4v) is 3.11. The van der Waals surface area contributed by atoms with Gasteiger partial charge in [-0.05, 0) is 37.6 Å². The lowest BCUT2D eigenvalue weighted by atomic mass is 10.2. The van der Waals surface area contributed by atoms with Gasteiger partial charge in [-0.15, -0.1) is 0 Å². The average molecular weight is 311 g/mol. The van der Waals surface area contributed by atoms with E-state index in [-0.39, 0.29) is 24.3 Å². The maximum absolute atomic E-state index is 12.5. The Bertz CT molecular complexity index is 596. The third-order valence-corrected chi connectivity index (χ3v) is 4.53. The molecule has 0 heterocycles. The molecule has 0 amide bonds. The van der Waals surface area contributed by atoms with Crippen molar-refractivity contribution in [1.29, 1.82) is 5.26 Å². The largest absolute Gasteiger partial charge is 0.504 e. The summed E-state index contributed by atoms with van der Waals surface area (Å²) in [6.45, 7) is 3.65. The van der Waals surface area contributed by atoms with Crippen LogP contribution in [-0.4, -0.2) is 25.4 Å². The summed E-state index contributed by atoms with van der Waals surface area (Å²) in [5.74, 6) is 0.231. The van der Waals surface area contributed by atoms with Gasteiger partial charge >= 0.3 is 7.60 Å². The molecule has 0 saturated heterocycles. The Balaban J connectivity index is 3.22. The van der Waals surface area contributed by atoms with Crippen LogP contribution < -0.4 is 4.74 Å². The minimum atomic E-state index is -3.64. The fraction of sp³-hybridized carbons (Fsp3) is 0.357. The molecule has 1 aromatic rings. The van der Waals surface area contributed by atoms with Crippen molar-refractivity contribution in [1.82, 2.24) is 0 Å². The van der Waals surface area contributed by atoms with Gasteiger partial charge in [0.05, 0.1) is 20.3 Å². The Morgan fingerprint density at radius 1 is 1.38 bits per heavy atom. The summed E-state index contributed by atoms with van der Waals surface area (Å²) in [5, 5.41) is 18.8. The number of phenolic OH excluding ortho intramolecular Hbond substituents is 1. The van der Waals surface area contributed by atoms with Gasteiger partial charge in [-0.2, -0.15) is 5.26 Å². The molecule has 0 aliphatic heterocycles. The van der Waals surface area contributed by atoms with Gasteiger partial charge in [-0.25, -0.2) is 0 Å². The molecule has 0 aliphatic rings. The van der Waals surface area contributed by atoms with Crippen LogP contribution in [0.4, 0.5) is 0 Å². The molecule has 0 aliphatic carbocycles. The first-order valence-electron chi connectivity index (χ1n) is 6.39. The Hall–Kier alpha value is -1.80. The number of benzene rings is 1. The fourth-order valence-electron chi connectivity index (χ4n) is 1.64. The maximum Gasteiger partial charge on any atom is 0.371 e. The van der Waals surface area contributed by atoms with Gasteiger partial charge in [-0.1, -0.05) is 6.07 Å². The number of allylic oxidation sites excluding steroid dienone is 1. The quantitative estimate of drug-likeness (QED) is 0.612. The topological polar surface area (TPSA) is 88.8 Å². The third kappa shape index (κ3) is 4.33. The number of methoxy groups -OCH3 is 1. The molecule has 0 unspecified atom stereocenters. The Morgan fingerprint density at radius 3 is 2.43 bits per heavy atom. The minimum absolute atomic E-state index is 0.0776. The highest BCUT2D eigenvalue weighted by molar-refractivity contribution is 7.59. The van der Waals surface area contributed by atoms with Crippen molar-refractivity contribution < 1.29 is 23.5 Å². The highest BCUT2D eigenvalue weighted by Crippen LogP contribution is 2.56. The normalized spacial score (nSPS) is 12.0. The van der Waals surface area contributed by atoms with Gasteiger partial charge in [0.1, 0.15) is 11.4 Å².